The van der Waals surface area contributed by atoms with Crippen LogP contribution in [0.1, 0.15) is 34.5 Å². The highest BCUT2D eigenvalue weighted by molar-refractivity contribution is 7.07. The van der Waals surface area contributed by atoms with Gasteiger partial charge in [-0.15, -0.1) is 11.3 Å². The molecule has 0 spiro atoms. The molecule has 0 bridgehead atoms. The maximum Gasteiger partial charge on any atom is 0.251 e. The Kier molecular flexibility index (Phi) is 7.58. The average molecular weight is 455 g/mol. The summed E-state index contributed by atoms with van der Waals surface area (Å²) in [5, 5.41) is 4.87. The maximum absolute atomic E-state index is 12.6. The fourth-order valence-electron chi connectivity index (χ4n) is 3.38. The van der Waals surface area contributed by atoms with E-state index in [1.165, 1.54) is 11.3 Å². The Bertz CT molecular complexity index is 1020. The fraction of sp³-hybridized carbons (Fsp3) is 0.333. The Labute approximate surface area is 191 Å². The number of rotatable bonds is 10. The van der Waals surface area contributed by atoms with Crippen LogP contribution in [0, 0.1) is 0 Å². The van der Waals surface area contributed by atoms with Gasteiger partial charge in [-0.1, -0.05) is 12.1 Å². The Morgan fingerprint density at radius 1 is 1.22 bits per heavy atom. The maximum atomic E-state index is 12.6. The summed E-state index contributed by atoms with van der Waals surface area (Å²) in [7, 11) is 1.60. The number of nitrogens with one attached hydrogen (secondary N) is 1. The minimum atomic E-state index is -0.179. The molecule has 0 aliphatic carbocycles. The lowest BCUT2D eigenvalue weighted by molar-refractivity contribution is 0.0669. The highest BCUT2D eigenvalue weighted by Gasteiger charge is 2.17. The zero-order valence-corrected chi connectivity index (χ0v) is 18.7. The number of aromatic nitrogens is 1. The van der Waals surface area contributed by atoms with Gasteiger partial charge in [-0.2, -0.15) is 0 Å². The van der Waals surface area contributed by atoms with Crippen LogP contribution in [-0.2, 0) is 17.9 Å². The van der Waals surface area contributed by atoms with Crippen molar-refractivity contribution in [1.82, 2.24) is 10.3 Å². The van der Waals surface area contributed by atoms with Gasteiger partial charge in [0.25, 0.3) is 5.91 Å². The van der Waals surface area contributed by atoms with Gasteiger partial charge in [-0.25, -0.2) is 4.98 Å². The molecule has 2 aromatic carbocycles. The van der Waals surface area contributed by atoms with Crippen LogP contribution in [0.4, 0.5) is 0 Å². The molecule has 1 aromatic heterocycles. The van der Waals surface area contributed by atoms with E-state index >= 15 is 0 Å². The smallest absolute Gasteiger partial charge is 0.251 e. The summed E-state index contributed by atoms with van der Waals surface area (Å²) in [6, 6.07) is 12.8. The third kappa shape index (κ3) is 5.99. The molecule has 0 radical (unpaired) electrons. The van der Waals surface area contributed by atoms with Gasteiger partial charge in [0.2, 0.25) is 0 Å². The molecule has 0 saturated carbocycles. The zero-order chi connectivity index (χ0) is 22.2. The summed E-state index contributed by atoms with van der Waals surface area (Å²) in [6.45, 7) is 2.04. The van der Waals surface area contributed by atoms with Crippen molar-refractivity contribution >= 4 is 17.2 Å². The number of methoxy groups -OCH3 is 1. The highest BCUT2D eigenvalue weighted by atomic mass is 32.1. The summed E-state index contributed by atoms with van der Waals surface area (Å²) in [5.41, 5.74) is 4.07. The van der Waals surface area contributed by atoms with E-state index in [0.717, 1.165) is 30.7 Å². The number of amides is 1. The van der Waals surface area contributed by atoms with Crippen molar-refractivity contribution in [2.24, 2.45) is 0 Å². The quantitative estimate of drug-likeness (QED) is 0.494. The molecule has 1 saturated heterocycles. The summed E-state index contributed by atoms with van der Waals surface area (Å²) >= 11 is 1.52. The van der Waals surface area contributed by atoms with Crippen molar-refractivity contribution in [3.8, 4) is 17.2 Å². The van der Waals surface area contributed by atoms with E-state index in [0.29, 0.717) is 42.6 Å². The third-order valence-electron chi connectivity index (χ3n) is 5.10. The lowest BCUT2D eigenvalue weighted by atomic mass is 10.1. The van der Waals surface area contributed by atoms with Crippen molar-refractivity contribution in [3.05, 3.63) is 70.2 Å². The summed E-state index contributed by atoms with van der Waals surface area (Å²) in [4.78, 5) is 16.8. The molecule has 1 aliphatic rings. The van der Waals surface area contributed by atoms with Gasteiger partial charge in [-0.05, 0) is 48.7 Å². The summed E-state index contributed by atoms with van der Waals surface area (Å²) in [6.07, 6.45) is 2.23. The molecule has 32 heavy (non-hydrogen) atoms. The summed E-state index contributed by atoms with van der Waals surface area (Å²) < 4.78 is 22.7. The molecule has 2 heterocycles. The molecule has 7 nitrogen and oxygen atoms in total. The molecule has 1 fully saturated rings. The molecule has 1 unspecified atom stereocenters. The van der Waals surface area contributed by atoms with E-state index in [1.807, 2.05) is 29.6 Å². The SMILES string of the molecule is COc1cc(CNC(=O)c2cccc(OCc3cscn3)c2)ccc1OCC1CCCO1. The van der Waals surface area contributed by atoms with E-state index in [2.05, 4.69) is 10.3 Å². The number of carbonyl (C=O) groups is 1. The standard InChI is InChI=1S/C24H26N2O5S/c1-28-23-10-17(7-8-22(23)31-14-21-6-3-9-29-21)12-25-24(27)18-4-2-5-20(11-18)30-13-19-15-32-16-26-19/h2,4-5,7-8,10-11,15-16,21H,3,6,9,12-14H2,1H3,(H,25,27). The zero-order valence-electron chi connectivity index (χ0n) is 17.9. The number of hydrogen-bond acceptors (Lipinski definition) is 7. The van der Waals surface area contributed by atoms with Crippen molar-refractivity contribution in [2.75, 3.05) is 20.3 Å². The first-order valence-electron chi connectivity index (χ1n) is 10.5. The van der Waals surface area contributed by atoms with Crippen LogP contribution in [-0.4, -0.2) is 37.3 Å². The Morgan fingerprint density at radius 2 is 2.16 bits per heavy atom. The lowest BCUT2D eigenvalue weighted by Crippen LogP contribution is -2.22. The lowest BCUT2D eigenvalue weighted by Gasteiger charge is -2.15. The van der Waals surface area contributed by atoms with Crippen molar-refractivity contribution < 1.29 is 23.7 Å². The van der Waals surface area contributed by atoms with Gasteiger partial charge < -0.3 is 24.3 Å². The van der Waals surface area contributed by atoms with Crippen molar-refractivity contribution in [3.63, 3.8) is 0 Å². The predicted octanol–water partition coefficient (Wildman–Crippen LogP) is 4.22. The van der Waals surface area contributed by atoms with Gasteiger partial charge in [0, 0.05) is 24.1 Å². The Balaban J connectivity index is 1.31. The minimum Gasteiger partial charge on any atom is -0.493 e. The predicted molar refractivity (Wildman–Crippen MR) is 122 cm³/mol. The second kappa shape index (κ2) is 11.0. The van der Waals surface area contributed by atoms with Gasteiger partial charge in [-0.3, -0.25) is 4.79 Å². The normalized spacial score (nSPS) is 15.3. The highest BCUT2D eigenvalue weighted by Crippen LogP contribution is 2.29. The number of hydrogen-bond donors (Lipinski definition) is 1. The molecule has 4 rings (SSSR count). The molecule has 3 aromatic rings. The van der Waals surface area contributed by atoms with Gasteiger partial charge in [0.1, 0.15) is 19.0 Å². The van der Waals surface area contributed by atoms with E-state index in [-0.39, 0.29) is 12.0 Å². The van der Waals surface area contributed by atoms with Gasteiger partial charge in [0.05, 0.1) is 24.4 Å². The van der Waals surface area contributed by atoms with Crippen LogP contribution in [0.15, 0.2) is 53.4 Å². The number of thiazole rings is 1. The van der Waals surface area contributed by atoms with Crippen molar-refractivity contribution in [1.29, 1.82) is 0 Å². The largest absolute Gasteiger partial charge is 0.493 e. The first kappa shape index (κ1) is 22.1. The topological polar surface area (TPSA) is 78.9 Å². The second-order valence-electron chi connectivity index (χ2n) is 7.41. The van der Waals surface area contributed by atoms with Crippen LogP contribution in [0.25, 0.3) is 0 Å². The number of nitrogens with zero attached hydrogens (tertiary/aromatic N) is 1. The number of carbonyl (C=O) groups excluding carboxylic acids is 1. The molecule has 1 atom stereocenters. The molecule has 1 N–H and O–H groups in total. The molecule has 1 amide bonds. The van der Waals surface area contributed by atoms with Crippen LogP contribution >= 0.6 is 11.3 Å². The molecular formula is C24H26N2O5S. The van der Waals surface area contributed by atoms with Crippen LogP contribution < -0.4 is 19.5 Å². The van der Waals surface area contributed by atoms with E-state index in [1.54, 1.807) is 30.8 Å². The van der Waals surface area contributed by atoms with E-state index in [9.17, 15) is 4.79 Å². The van der Waals surface area contributed by atoms with Gasteiger partial charge >= 0.3 is 0 Å². The van der Waals surface area contributed by atoms with Crippen LogP contribution in [0.5, 0.6) is 17.2 Å². The van der Waals surface area contributed by atoms with Crippen LogP contribution in [0.2, 0.25) is 0 Å². The van der Waals surface area contributed by atoms with Crippen molar-refractivity contribution in [2.45, 2.75) is 32.1 Å². The first-order valence-corrected chi connectivity index (χ1v) is 11.4. The fourth-order valence-corrected chi connectivity index (χ4v) is 3.92. The molecule has 8 heteroatoms. The van der Waals surface area contributed by atoms with E-state index < -0.39 is 0 Å². The number of benzene rings is 2. The summed E-state index contributed by atoms with van der Waals surface area (Å²) in [5.74, 6) is 1.75. The van der Waals surface area contributed by atoms with Gasteiger partial charge in [0.15, 0.2) is 11.5 Å². The Hall–Kier alpha value is -3.10. The molecule has 1 aliphatic heterocycles. The van der Waals surface area contributed by atoms with E-state index in [4.69, 9.17) is 18.9 Å². The average Bonchev–Trinajstić information content (AvgIpc) is 3.54. The second-order valence-corrected chi connectivity index (χ2v) is 8.13. The first-order chi connectivity index (χ1) is 15.7. The monoisotopic (exact) mass is 454 g/mol. The molecular weight excluding hydrogens is 428 g/mol. The minimum absolute atomic E-state index is 0.139. The Morgan fingerprint density at radius 3 is 2.94 bits per heavy atom. The third-order valence-corrected chi connectivity index (χ3v) is 5.73. The number of ether oxygens (including phenoxy) is 4. The molecule has 168 valence electrons. The van der Waals surface area contributed by atoms with Crippen LogP contribution in [0.3, 0.4) is 0 Å².